The lowest BCUT2D eigenvalue weighted by Crippen LogP contribution is -2.22. The van der Waals surface area contributed by atoms with Gasteiger partial charge in [-0.15, -0.1) is 0 Å². The first-order valence-corrected chi connectivity index (χ1v) is 5.78. The third-order valence-electron chi connectivity index (χ3n) is 2.26. The fourth-order valence-electron chi connectivity index (χ4n) is 1.40. The number of hydrogen-bond acceptors (Lipinski definition) is 5. The van der Waals surface area contributed by atoms with Crippen molar-refractivity contribution in [3.63, 3.8) is 0 Å². The zero-order chi connectivity index (χ0) is 14.4. The Morgan fingerprint density at radius 1 is 1.37 bits per heavy atom. The topological polar surface area (TPSA) is 85.2 Å². The number of ether oxygens (including phenoxy) is 3. The second-order valence-corrected chi connectivity index (χ2v) is 4.12. The van der Waals surface area contributed by atoms with Gasteiger partial charge in [-0.3, -0.25) is 0 Å². The number of rotatable bonds is 7. The summed E-state index contributed by atoms with van der Waals surface area (Å²) in [4.78, 5) is 10.9. The summed E-state index contributed by atoms with van der Waals surface area (Å²) in [5, 5.41) is 18.5. The Balaban J connectivity index is 2.91. The molecule has 0 radical (unpaired) electrons. The zero-order valence-electron chi connectivity index (χ0n) is 10.6. The van der Waals surface area contributed by atoms with E-state index < -0.39 is 12.1 Å². The van der Waals surface area contributed by atoms with Crippen LogP contribution in [-0.4, -0.2) is 49.7 Å². The molecular weight excluding hydrogens is 276 g/mol. The van der Waals surface area contributed by atoms with Crippen molar-refractivity contribution >= 4 is 17.6 Å². The molecule has 1 aromatic carbocycles. The SMILES string of the molecule is COCC(O)COc1c(Cl)cc(C(=O)O)cc1OC. The molecule has 0 saturated carbocycles. The molecule has 106 valence electrons. The highest BCUT2D eigenvalue weighted by atomic mass is 35.5. The second-order valence-electron chi connectivity index (χ2n) is 3.71. The Morgan fingerprint density at radius 2 is 2.05 bits per heavy atom. The third kappa shape index (κ3) is 4.27. The largest absolute Gasteiger partial charge is 0.493 e. The number of carbonyl (C=O) groups is 1. The van der Waals surface area contributed by atoms with Gasteiger partial charge in [0.15, 0.2) is 11.5 Å². The number of benzene rings is 1. The minimum atomic E-state index is -1.12. The van der Waals surface area contributed by atoms with Gasteiger partial charge in [0.2, 0.25) is 0 Å². The van der Waals surface area contributed by atoms with Crippen molar-refractivity contribution in [2.24, 2.45) is 0 Å². The van der Waals surface area contributed by atoms with Crippen LogP contribution < -0.4 is 9.47 Å². The molecule has 7 heteroatoms. The molecule has 1 aromatic rings. The van der Waals surface area contributed by atoms with Crippen LogP contribution in [0.2, 0.25) is 5.02 Å². The van der Waals surface area contributed by atoms with E-state index >= 15 is 0 Å². The van der Waals surface area contributed by atoms with Crippen LogP contribution in [0.1, 0.15) is 10.4 Å². The van der Waals surface area contributed by atoms with Crippen LogP contribution in [0, 0.1) is 0 Å². The summed E-state index contributed by atoms with van der Waals surface area (Å²) in [6, 6.07) is 2.55. The summed E-state index contributed by atoms with van der Waals surface area (Å²) in [6.45, 7) is 0.0729. The highest BCUT2D eigenvalue weighted by Gasteiger charge is 2.16. The highest BCUT2D eigenvalue weighted by Crippen LogP contribution is 2.36. The van der Waals surface area contributed by atoms with Crippen LogP contribution in [0.4, 0.5) is 0 Å². The van der Waals surface area contributed by atoms with Gasteiger partial charge < -0.3 is 24.4 Å². The summed E-state index contributed by atoms with van der Waals surface area (Å²) < 4.78 is 15.1. The van der Waals surface area contributed by atoms with Gasteiger partial charge in [-0.05, 0) is 12.1 Å². The lowest BCUT2D eigenvalue weighted by Gasteiger charge is -2.15. The third-order valence-corrected chi connectivity index (χ3v) is 2.54. The van der Waals surface area contributed by atoms with Crippen LogP contribution in [-0.2, 0) is 4.74 Å². The predicted octanol–water partition coefficient (Wildman–Crippen LogP) is 1.43. The monoisotopic (exact) mass is 290 g/mol. The fraction of sp³-hybridized carbons (Fsp3) is 0.417. The van der Waals surface area contributed by atoms with E-state index in [1.807, 2.05) is 0 Å². The predicted molar refractivity (Wildman–Crippen MR) is 68.3 cm³/mol. The lowest BCUT2D eigenvalue weighted by atomic mass is 10.2. The van der Waals surface area contributed by atoms with Crippen molar-refractivity contribution in [1.82, 2.24) is 0 Å². The molecule has 0 amide bonds. The zero-order valence-corrected chi connectivity index (χ0v) is 11.3. The number of aromatic carboxylic acids is 1. The molecule has 0 aliphatic rings. The molecule has 0 aliphatic heterocycles. The van der Waals surface area contributed by atoms with E-state index in [0.717, 1.165) is 0 Å². The number of carboxylic acid groups (broad SMARTS) is 1. The van der Waals surface area contributed by atoms with Crippen LogP contribution >= 0.6 is 11.6 Å². The average molecular weight is 291 g/mol. The molecule has 0 heterocycles. The first kappa shape index (κ1) is 15.6. The molecule has 2 N–H and O–H groups in total. The minimum Gasteiger partial charge on any atom is -0.493 e. The summed E-state index contributed by atoms with van der Waals surface area (Å²) in [5.74, 6) is -0.745. The molecular formula is C12H15ClO6. The number of aliphatic hydroxyl groups excluding tert-OH is 1. The van der Waals surface area contributed by atoms with Crippen LogP contribution in [0.3, 0.4) is 0 Å². The molecule has 0 bridgehead atoms. The van der Waals surface area contributed by atoms with Crippen molar-refractivity contribution in [1.29, 1.82) is 0 Å². The normalized spacial score (nSPS) is 12.0. The second kappa shape index (κ2) is 7.18. The standard InChI is InChI=1S/C12H15ClO6/c1-17-5-8(14)6-19-11-9(13)3-7(12(15)16)4-10(11)18-2/h3-4,8,14H,5-6H2,1-2H3,(H,15,16). The van der Waals surface area contributed by atoms with Crippen LogP contribution in [0.5, 0.6) is 11.5 Å². The van der Waals surface area contributed by atoms with E-state index in [0.29, 0.717) is 0 Å². The van der Waals surface area contributed by atoms with Gasteiger partial charge in [0.1, 0.15) is 12.7 Å². The molecule has 19 heavy (non-hydrogen) atoms. The van der Waals surface area contributed by atoms with Gasteiger partial charge in [-0.25, -0.2) is 4.79 Å². The molecule has 1 rings (SSSR count). The van der Waals surface area contributed by atoms with Gasteiger partial charge in [-0.1, -0.05) is 11.6 Å². The fourth-order valence-corrected chi connectivity index (χ4v) is 1.67. The molecule has 1 atom stereocenters. The number of hydrogen-bond donors (Lipinski definition) is 2. The quantitative estimate of drug-likeness (QED) is 0.790. The van der Waals surface area contributed by atoms with Crippen molar-refractivity contribution in [3.05, 3.63) is 22.7 Å². The Hall–Kier alpha value is -1.50. The van der Waals surface area contributed by atoms with E-state index in [1.54, 1.807) is 0 Å². The molecule has 0 saturated heterocycles. The Labute approximate surface area is 115 Å². The average Bonchev–Trinajstić information content (AvgIpc) is 2.36. The van der Waals surface area contributed by atoms with E-state index in [1.165, 1.54) is 26.4 Å². The van der Waals surface area contributed by atoms with E-state index in [2.05, 4.69) is 0 Å². The summed E-state index contributed by atoms with van der Waals surface area (Å²) >= 11 is 5.94. The Morgan fingerprint density at radius 3 is 2.58 bits per heavy atom. The molecule has 1 unspecified atom stereocenters. The maximum absolute atomic E-state index is 10.9. The molecule has 0 fully saturated rings. The van der Waals surface area contributed by atoms with Crippen LogP contribution in [0.15, 0.2) is 12.1 Å². The molecule has 6 nitrogen and oxygen atoms in total. The summed E-state index contributed by atoms with van der Waals surface area (Å²) in [6.07, 6.45) is -0.815. The number of methoxy groups -OCH3 is 2. The van der Waals surface area contributed by atoms with E-state index in [9.17, 15) is 9.90 Å². The van der Waals surface area contributed by atoms with Gasteiger partial charge >= 0.3 is 5.97 Å². The lowest BCUT2D eigenvalue weighted by molar-refractivity contribution is 0.0319. The van der Waals surface area contributed by atoms with E-state index in [4.69, 9.17) is 30.9 Å². The Bertz CT molecular complexity index is 448. The van der Waals surface area contributed by atoms with Crippen molar-refractivity contribution in [2.75, 3.05) is 27.4 Å². The maximum Gasteiger partial charge on any atom is 0.335 e. The number of carboxylic acids is 1. The minimum absolute atomic E-state index is 0.00774. The van der Waals surface area contributed by atoms with Gasteiger partial charge in [0, 0.05) is 7.11 Å². The first-order chi connectivity index (χ1) is 8.99. The number of halogens is 1. The van der Waals surface area contributed by atoms with Gasteiger partial charge in [0.05, 0.1) is 24.3 Å². The molecule has 0 aromatic heterocycles. The maximum atomic E-state index is 10.9. The van der Waals surface area contributed by atoms with Crippen LogP contribution in [0.25, 0.3) is 0 Å². The Kier molecular flexibility index (Phi) is 5.88. The number of aliphatic hydroxyl groups is 1. The van der Waals surface area contributed by atoms with Crippen molar-refractivity contribution < 1.29 is 29.2 Å². The summed E-state index contributed by atoms with van der Waals surface area (Å²) in [7, 11) is 2.83. The summed E-state index contributed by atoms with van der Waals surface area (Å²) in [5.41, 5.74) is -0.00774. The highest BCUT2D eigenvalue weighted by molar-refractivity contribution is 6.32. The van der Waals surface area contributed by atoms with Gasteiger partial charge in [-0.2, -0.15) is 0 Å². The van der Waals surface area contributed by atoms with Gasteiger partial charge in [0.25, 0.3) is 0 Å². The van der Waals surface area contributed by atoms with Crippen molar-refractivity contribution in [3.8, 4) is 11.5 Å². The molecule has 0 aliphatic carbocycles. The van der Waals surface area contributed by atoms with E-state index in [-0.39, 0.29) is 35.3 Å². The first-order valence-electron chi connectivity index (χ1n) is 5.40. The van der Waals surface area contributed by atoms with Crippen molar-refractivity contribution in [2.45, 2.75) is 6.10 Å². The smallest absolute Gasteiger partial charge is 0.335 e. The molecule has 0 spiro atoms.